The van der Waals surface area contributed by atoms with Crippen molar-refractivity contribution in [3.05, 3.63) is 101 Å². The lowest BCUT2D eigenvalue weighted by Gasteiger charge is -2.24. The molecule has 0 aromatic heterocycles. The summed E-state index contributed by atoms with van der Waals surface area (Å²) in [5.41, 5.74) is 2.81. The zero-order valence-corrected chi connectivity index (χ0v) is 20.6. The number of rotatable bonds is 6. The summed E-state index contributed by atoms with van der Waals surface area (Å²) in [4.78, 5) is 12.9. The second kappa shape index (κ2) is 10.7. The Kier molecular flexibility index (Phi) is 7.93. The standard InChI is InChI=1S/C28H29NO4S/c1-21-10-12-22(13-11-21)14-15-23-16-18-25(19-17-23)34(31,32)29-26(27(30)33-28(2,3)4)20-24-8-6-5-7-9-24/h5-13,16-19,26,29H,20H2,1-4H3/t26-/m1/s1. The van der Waals surface area contributed by atoms with Crippen LogP contribution in [0.15, 0.2) is 83.8 Å². The van der Waals surface area contributed by atoms with Crippen LogP contribution in [0.3, 0.4) is 0 Å². The maximum Gasteiger partial charge on any atom is 0.325 e. The molecule has 1 N–H and O–H groups in total. The Balaban J connectivity index is 1.79. The number of hydrogen-bond acceptors (Lipinski definition) is 4. The topological polar surface area (TPSA) is 72.5 Å². The van der Waals surface area contributed by atoms with Crippen molar-refractivity contribution >= 4 is 16.0 Å². The summed E-state index contributed by atoms with van der Waals surface area (Å²) in [6.45, 7) is 7.25. The fraction of sp³-hybridized carbons (Fsp3) is 0.250. The van der Waals surface area contributed by atoms with E-state index in [-0.39, 0.29) is 11.3 Å². The van der Waals surface area contributed by atoms with Crippen LogP contribution in [0.5, 0.6) is 0 Å². The first kappa shape index (κ1) is 25.2. The Morgan fingerprint density at radius 2 is 1.41 bits per heavy atom. The van der Waals surface area contributed by atoms with Crippen LogP contribution in [-0.2, 0) is 26.0 Å². The third-order valence-electron chi connectivity index (χ3n) is 4.84. The predicted octanol–water partition coefficient (Wildman–Crippen LogP) is 4.63. The molecule has 5 nitrogen and oxygen atoms in total. The molecule has 0 radical (unpaired) electrons. The van der Waals surface area contributed by atoms with E-state index in [2.05, 4.69) is 16.6 Å². The zero-order valence-electron chi connectivity index (χ0n) is 19.8. The Bertz CT molecular complexity index is 1280. The fourth-order valence-electron chi connectivity index (χ4n) is 3.15. The van der Waals surface area contributed by atoms with Crippen molar-refractivity contribution in [3.8, 4) is 11.8 Å². The fourth-order valence-corrected chi connectivity index (χ4v) is 4.33. The quantitative estimate of drug-likeness (QED) is 0.417. The second-order valence-electron chi connectivity index (χ2n) is 9.04. The average molecular weight is 476 g/mol. The molecule has 0 bridgehead atoms. The molecule has 0 aliphatic heterocycles. The number of benzene rings is 3. The van der Waals surface area contributed by atoms with Gasteiger partial charge < -0.3 is 4.74 Å². The van der Waals surface area contributed by atoms with E-state index in [9.17, 15) is 13.2 Å². The van der Waals surface area contributed by atoms with Crippen molar-refractivity contribution < 1.29 is 17.9 Å². The number of ether oxygens (including phenoxy) is 1. The van der Waals surface area contributed by atoms with Gasteiger partial charge >= 0.3 is 5.97 Å². The molecule has 0 saturated carbocycles. The molecule has 0 spiro atoms. The van der Waals surface area contributed by atoms with Gasteiger partial charge in [-0.25, -0.2) is 8.42 Å². The van der Waals surface area contributed by atoms with Crippen LogP contribution in [0.2, 0.25) is 0 Å². The van der Waals surface area contributed by atoms with Crippen LogP contribution >= 0.6 is 0 Å². The lowest BCUT2D eigenvalue weighted by atomic mass is 10.1. The number of esters is 1. The van der Waals surface area contributed by atoms with Gasteiger partial charge in [-0.3, -0.25) is 4.79 Å². The number of nitrogens with one attached hydrogen (secondary N) is 1. The van der Waals surface area contributed by atoms with Gasteiger partial charge in [-0.15, -0.1) is 0 Å². The Morgan fingerprint density at radius 3 is 1.94 bits per heavy atom. The molecule has 1 atom stereocenters. The molecule has 0 fully saturated rings. The average Bonchev–Trinajstić information content (AvgIpc) is 2.78. The van der Waals surface area contributed by atoms with E-state index in [0.717, 1.165) is 16.7 Å². The molecule has 0 amide bonds. The molecule has 34 heavy (non-hydrogen) atoms. The van der Waals surface area contributed by atoms with Gasteiger partial charge in [0.1, 0.15) is 11.6 Å². The first-order valence-corrected chi connectivity index (χ1v) is 12.5. The maximum atomic E-state index is 13.1. The highest BCUT2D eigenvalue weighted by atomic mass is 32.2. The van der Waals surface area contributed by atoms with Gasteiger partial charge in [0.15, 0.2) is 0 Å². The van der Waals surface area contributed by atoms with E-state index in [0.29, 0.717) is 5.56 Å². The van der Waals surface area contributed by atoms with E-state index < -0.39 is 27.6 Å². The zero-order chi connectivity index (χ0) is 24.8. The maximum absolute atomic E-state index is 13.1. The summed E-state index contributed by atoms with van der Waals surface area (Å²) in [5, 5.41) is 0. The second-order valence-corrected chi connectivity index (χ2v) is 10.8. The van der Waals surface area contributed by atoms with Gasteiger partial charge in [-0.05, 0) is 76.1 Å². The van der Waals surface area contributed by atoms with E-state index in [1.165, 1.54) is 12.1 Å². The molecule has 0 heterocycles. The molecule has 3 aromatic rings. The summed E-state index contributed by atoms with van der Waals surface area (Å²) >= 11 is 0. The van der Waals surface area contributed by atoms with Gasteiger partial charge in [0.25, 0.3) is 0 Å². The number of aryl methyl sites for hydroxylation is 1. The summed E-state index contributed by atoms with van der Waals surface area (Å²) in [7, 11) is -3.97. The number of carbonyl (C=O) groups is 1. The summed E-state index contributed by atoms with van der Waals surface area (Å²) in [6.07, 6.45) is 0.176. The molecule has 0 saturated heterocycles. The Morgan fingerprint density at radius 1 is 0.882 bits per heavy atom. The van der Waals surface area contributed by atoms with Crippen molar-refractivity contribution in [1.82, 2.24) is 4.72 Å². The van der Waals surface area contributed by atoms with Crippen molar-refractivity contribution in [2.24, 2.45) is 0 Å². The molecular formula is C28H29NO4S. The first-order valence-electron chi connectivity index (χ1n) is 11.0. The van der Waals surface area contributed by atoms with Crippen LogP contribution in [0.25, 0.3) is 0 Å². The number of sulfonamides is 1. The minimum atomic E-state index is -3.97. The minimum Gasteiger partial charge on any atom is -0.459 e. The number of hydrogen-bond donors (Lipinski definition) is 1. The normalized spacial score (nSPS) is 12.4. The largest absolute Gasteiger partial charge is 0.459 e. The van der Waals surface area contributed by atoms with Crippen LogP contribution in [0, 0.1) is 18.8 Å². The molecule has 176 valence electrons. The summed E-state index contributed by atoms with van der Waals surface area (Å²) in [6, 6.07) is 22.3. The highest BCUT2D eigenvalue weighted by molar-refractivity contribution is 7.89. The summed E-state index contributed by atoms with van der Waals surface area (Å²) in [5.74, 6) is 5.48. The highest BCUT2D eigenvalue weighted by Gasteiger charge is 2.30. The smallest absolute Gasteiger partial charge is 0.325 e. The van der Waals surface area contributed by atoms with Gasteiger partial charge in [0.05, 0.1) is 4.90 Å². The molecular weight excluding hydrogens is 446 g/mol. The minimum absolute atomic E-state index is 0.0509. The summed E-state index contributed by atoms with van der Waals surface area (Å²) < 4.78 is 34.1. The van der Waals surface area contributed by atoms with Crippen molar-refractivity contribution in [2.75, 3.05) is 0 Å². The van der Waals surface area contributed by atoms with Gasteiger partial charge in [-0.2, -0.15) is 4.72 Å². The van der Waals surface area contributed by atoms with Crippen molar-refractivity contribution in [3.63, 3.8) is 0 Å². The number of carbonyl (C=O) groups excluding carboxylic acids is 1. The molecule has 3 aromatic carbocycles. The predicted molar refractivity (Wildman–Crippen MR) is 134 cm³/mol. The van der Waals surface area contributed by atoms with Crippen LogP contribution < -0.4 is 4.72 Å². The van der Waals surface area contributed by atoms with Gasteiger partial charge in [0, 0.05) is 11.1 Å². The van der Waals surface area contributed by atoms with Crippen LogP contribution in [0.4, 0.5) is 0 Å². The van der Waals surface area contributed by atoms with Gasteiger partial charge in [0.2, 0.25) is 10.0 Å². The Hall–Kier alpha value is -3.40. The van der Waals surface area contributed by atoms with Crippen LogP contribution in [0.1, 0.15) is 43.0 Å². The lowest BCUT2D eigenvalue weighted by Crippen LogP contribution is -2.45. The van der Waals surface area contributed by atoms with E-state index in [1.807, 2.05) is 61.5 Å². The monoisotopic (exact) mass is 475 g/mol. The van der Waals surface area contributed by atoms with Crippen LogP contribution in [-0.4, -0.2) is 26.0 Å². The van der Waals surface area contributed by atoms with E-state index in [1.54, 1.807) is 32.9 Å². The molecule has 3 rings (SSSR count). The highest BCUT2D eigenvalue weighted by Crippen LogP contribution is 2.16. The third-order valence-corrected chi connectivity index (χ3v) is 6.33. The SMILES string of the molecule is Cc1ccc(C#Cc2ccc(S(=O)(=O)N[C@H](Cc3ccccc3)C(=O)OC(C)(C)C)cc2)cc1. The Labute approximate surface area is 202 Å². The first-order chi connectivity index (χ1) is 16.0. The molecule has 0 aliphatic carbocycles. The molecule has 0 unspecified atom stereocenters. The third kappa shape index (κ3) is 7.58. The van der Waals surface area contributed by atoms with Crippen molar-refractivity contribution in [2.45, 2.75) is 50.7 Å². The lowest BCUT2D eigenvalue weighted by molar-refractivity contribution is -0.156. The van der Waals surface area contributed by atoms with Crippen molar-refractivity contribution in [1.29, 1.82) is 0 Å². The van der Waals surface area contributed by atoms with E-state index >= 15 is 0 Å². The molecule has 0 aliphatic rings. The molecule has 6 heteroatoms. The van der Waals surface area contributed by atoms with Gasteiger partial charge in [-0.1, -0.05) is 59.9 Å². The van der Waals surface area contributed by atoms with E-state index in [4.69, 9.17) is 4.74 Å².